The van der Waals surface area contributed by atoms with Gasteiger partial charge in [0.2, 0.25) is 11.8 Å². The molecule has 2 heterocycles. The lowest BCUT2D eigenvalue weighted by atomic mass is 10.2. The maximum Gasteiger partial charge on any atom is 0.247 e. The maximum atomic E-state index is 12.8. The van der Waals surface area contributed by atoms with E-state index in [1.54, 1.807) is 12.1 Å². The summed E-state index contributed by atoms with van der Waals surface area (Å²) in [6.07, 6.45) is 2.47. The van der Waals surface area contributed by atoms with E-state index >= 15 is 0 Å². The molecule has 1 aromatic carbocycles. The summed E-state index contributed by atoms with van der Waals surface area (Å²) in [6.45, 7) is 2.89. The molecule has 0 spiro atoms. The molecule has 1 aliphatic rings. The van der Waals surface area contributed by atoms with Gasteiger partial charge >= 0.3 is 0 Å². The first-order valence-electron chi connectivity index (χ1n) is 6.12. The standard InChI is InChI=1S/C13H14FN3O/c14-11-5-3-10(4-6-11)13-16-15-12(18-13)9-17-7-1-2-8-17/h3-6H,1-2,7-9H2. The Labute approximate surface area is 104 Å². The van der Waals surface area contributed by atoms with Gasteiger partial charge in [-0.2, -0.15) is 0 Å². The second kappa shape index (κ2) is 4.86. The third kappa shape index (κ3) is 2.41. The first-order valence-corrected chi connectivity index (χ1v) is 6.12. The van der Waals surface area contributed by atoms with E-state index in [2.05, 4.69) is 15.1 Å². The number of hydrogen-bond acceptors (Lipinski definition) is 4. The highest BCUT2D eigenvalue weighted by atomic mass is 19.1. The minimum absolute atomic E-state index is 0.268. The van der Waals surface area contributed by atoms with E-state index in [0.717, 1.165) is 18.7 Å². The van der Waals surface area contributed by atoms with E-state index in [1.165, 1.54) is 25.0 Å². The fraction of sp³-hybridized carbons (Fsp3) is 0.385. The summed E-state index contributed by atoms with van der Waals surface area (Å²) >= 11 is 0. The first-order chi connectivity index (χ1) is 8.81. The predicted molar refractivity (Wildman–Crippen MR) is 64.2 cm³/mol. The van der Waals surface area contributed by atoms with Crippen molar-refractivity contribution in [2.45, 2.75) is 19.4 Å². The van der Waals surface area contributed by atoms with Crippen LogP contribution in [0.15, 0.2) is 28.7 Å². The van der Waals surface area contributed by atoms with Gasteiger partial charge in [0.1, 0.15) is 5.82 Å². The zero-order valence-corrected chi connectivity index (χ0v) is 9.97. The molecular formula is C13H14FN3O. The van der Waals surface area contributed by atoms with Gasteiger partial charge < -0.3 is 4.42 Å². The molecule has 4 nitrogen and oxygen atoms in total. The number of nitrogens with zero attached hydrogens (tertiary/aromatic N) is 3. The molecule has 5 heteroatoms. The quantitative estimate of drug-likeness (QED) is 0.835. The number of aromatic nitrogens is 2. The average molecular weight is 247 g/mol. The molecule has 0 atom stereocenters. The SMILES string of the molecule is Fc1ccc(-c2nnc(CN3CCCC3)o2)cc1. The van der Waals surface area contributed by atoms with Crippen LogP contribution in [0.2, 0.25) is 0 Å². The lowest BCUT2D eigenvalue weighted by molar-refractivity contribution is 0.292. The molecule has 3 rings (SSSR count). The van der Waals surface area contributed by atoms with E-state index in [1.807, 2.05) is 0 Å². The van der Waals surface area contributed by atoms with Crippen molar-refractivity contribution in [3.05, 3.63) is 36.0 Å². The number of hydrogen-bond donors (Lipinski definition) is 0. The molecule has 0 radical (unpaired) electrons. The molecule has 1 aliphatic heterocycles. The molecule has 0 unspecified atom stereocenters. The minimum Gasteiger partial charge on any atom is -0.419 e. The van der Waals surface area contributed by atoms with E-state index in [4.69, 9.17) is 4.42 Å². The Bertz CT molecular complexity index is 517. The van der Waals surface area contributed by atoms with E-state index in [-0.39, 0.29) is 5.82 Å². The second-order valence-electron chi connectivity index (χ2n) is 4.49. The van der Waals surface area contributed by atoms with E-state index in [9.17, 15) is 4.39 Å². The molecule has 0 amide bonds. The monoisotopic (exact) mass is 247 g/mol. The normalized spacial score (nSPS) is 16.3. The number of halogens is 1. The summed E-state index contributed by atoms with van der Waals surface area (Å²) in [6, 6.07) is 6.06. The average Bonchev–Trinajstić information content (AvgIpc) is 3.02. The lowest BCUT2D eigenvalue weighted by Gasteiger charge is -2.10. The van der Waals surface area contributed by atoms with Crippen LogP contribution in [0.5, 0.6) is 0 Å². The summed E-state index contributed by atoms with van der Waals surface area (Å²) in [5, 5.41) is 8.02. The van der Waals surface area contributed by atoms with Crippen molar-refractivity contribution in [1.29, 1.82) is 0 Å². The minimum atomic E-state index is -0.268. The van der Waals surface area contributed by atoms with Crippen LogP contribution in [-0.4, -0.2) is 28.2 Å². The van der Waals surface area contributed by atoms with Gasteiger partial charge in [-0.25, -0.2) is 4.39 Å². The van der Waals surface area contributed by atoms with Crippen LogP contribution in [0, 0.1) is 5.82 Å². The highest BCUT2D eigenvalue weighted by Gasteiger charge is 2.16. The van der Waals surface area contributed by atoms with Crippen molar-refractivity contribution >= 4 is 0 Å². The maximum absolute atomic E-state index is 12.8. The first kappa shape index (κ1) is 11.3. The number of benzene rings is 1. The Morgan fingerprint density at radius 1 is 1.11 bits per heavy atom. The highest BCUT2D eigenvalue weighted by Crippen LogP contribution is 2.19. The van der Waals surface area contributed by atoms with Crippen molar-refractivity contribution < 1.29 is 8.81 Å². The van der Waals surface area contributed by atoms with Crippen LogP contribution in [0.25, 0.3) is 11.5 Å². The van der Waals surface area contributed by atoms with Crippen molar-refractivity contribution in [3.8, 4) is 11.5 Å². The van der Waals surface area contributed by atoms with Crippen LogP contribution in [0.3, 0.4) is 0 Å². The highest BCUT2D eigenvalue weighted by molar-refractivity contribution is 5.51. The van der Waals surface area contributed by atoms with Gasteiger partial charge in [0, 0.05) is 5.56 Å². The van der Waals surface area contributed by atoms with Crippen LogP contribution in [-0.2, 0) is 6.54 Å². The van der Waals surface area contributed by atoms with Crippen LogP contribution in [0.1, 0.15) is 18.7 Å². The molecule has 1 saturated heterocycles. The molecule has 0 saturated carbocycles. The van der Waals surface area contributed by atoms with Crippen molar-refractivity contribution in [3.63, 3.8) is 0 Å². The zero-order valence-electron chi connectivity index (χ0n) is 9.97. The summed E-state index contributed by atoms with van der Waals surface area (Å²) in [5.41, 5.74) is 0.747. The van der Waals surface area contributed by atoms with Gasteiger partial charge in [-0.3, -0.25) is 4.90 Å². The smallest absolute Gasteiger partial charge is 0.247 e. The zero-order chi connectivity index (χ0) is 12.4. The number of likely N-dealkylation sites (tertiary alicyclic amines) is 1. The Balaban J connectivity index is 1.74. The number of rotatable bonds is 3. The second-order valence-corrected chi connectivity index (χ2v) is 4.49. The summed E-state index contributed by atoms with van der Waals surface area (Å²) in [7, 11) is 0. The summed E-state index contributed by atoms with van der Waals surface area (Å²) < 4.78 is 18.4. The predicted octanol–water partition coefficient (Wildman–Crippen LogP) is 2.47. The van der Waals surface area contributed by atoms with Crippen LogP contribution >= 0.6 is 0 Å². The molecule has 18 heavy (non-hydrogen) atoms. The molecule has 0 N–H and O–H groups in total. The molecule has 1 aromatic heterocycles. The third-order valence-electron chi connectivity index (χ3n) is 3.12. The fourth-order valence-electron chi connectivity index (χ4n) is 2.16. The van der Waals surface area contributed by atoms with Gasteiger partial charge in [-0.1, -0.05) is 0 Å². The van der Waals surface area contributed by atoms with Gasteiger partial charge in [-0.05, 0) is 50.2 Å². The van der Waals surface area contributed by atoms with Crippen molar-refractivity contribution in [1.82, 2.24) is 15.1 Å². The molecule has 0 bridgehead atoms. The molecule has 2 aromatic rings. The Kier molecular flexibility index (Phi) is 3.06. The molecular weight excluding hydrogens is 233 g/mol. The Hall–Kier alpha value is -1.75. The summed E-state index contributed by atoms with van der Waals surface area (Å²) in [4.78, 5) is 2.29. The fourth-order valence-corrected chi connectivity index (χ4v) is 2.16. The Morgan fingerprint density at radius 2 is 1.83 bits per heavy atom. The van der Waals surface area contributed by atoms with Crippen molar-refractivity contribution in [2.24, 2.45) is 0 Å². The van der Waals surface area contributed by atoms with E-state index < -0.39 is 0 Å². The topological polar surface area (TPSA) is 42.2 Å². The van der Waals surface area contributed by atoms with Crippen LogP contribution < -0.4 is 0 Å². The Morgan fingerprint density at radius 3 is 2.56 bits per heavy atom. The third-order valence-corrected chi connectivity index (χ3v) is 3.12. The van der Waals surface area contributed by atoms with Crippen LogP contribution in [0.4, 0.5) is 4.39 Å². The van der Waals surface area contributed by atoms with Gasteiger partial charge in [0.05, 0.1) is 6.54 Å². The summed E-state index contributed by atoms with van der Waals surface area (Å²) in [5.74, 6) is 0.802. The van der Waals surface area contributed by atoms with Gasteiger partial charge in [0.15, 0.2) is 0 Å². The lowest BCUT2D eigenvalue weighted by Crippen LogP contribution is -2.18. The molecule has 1 fully saturated rings. The molecule has 94 valence electrons. The molecule has 0 aliphatic carbocycles. The van der Waals surface area contributed by atoms with Gasteiger partial charge in [0.25, 0.3) is 0 Å². The largest absolute Gasteiger partial charge is 0.419 e. The van der Waals surface area contributed by atoms with Gasteiger partial charge in [-0.15, -0.1) is 10.2 Å². The van der Waals surface area contributed by atoms with Crippen molar-refractivity contribution in [2.75, 3.05) is 13.1 Å². The van der Waals surface area contributed by atoms with E-state index in [0.29, 0.717) is 18.3 Å².